The zero-order chi connectivity index (χ0) is 18.2. The Morgan fingerprint density at radius 1 is 1.31 bits per heavy atom. The van der Waals surface area contributed by atoms with Gasteiger partial charge in [0.25, 0.3) is 0 Å². The van der Waals surface area contributed by atoms with Crippen LogP contribution in [0.4, 0.5) is 5.95 Å². The molecule has 0 unspecified atom stereocenters. The largest absolute Gasteiger partial charge is 0.497 e. The van der Waals surface area contributed by atoms with Gasteiger partial charge in [0, 0.05) is 38.4 Å². The number of hydrogen-bond donors (Lipinski definition) is 1. The van der Waals surface area contributed by atoms with Gasteiger partial charge in [0.2, 0.25) is 11.9 Å². The summed E-state index contributed by atoms with van der Waals surface area (Å²) in [7, 11) is 1.64. The number of ether oxygens (including phenoxy) is 1. The topological polar surface area (TPSA) is 67.3 Å². The second kappa shape index (κ2) is 9.17. The SMILES string of the molecule is COc1cccc(CNC(=O)CC[C@H]2CCCN(c3ncccn3)C2)c1. The van der Waals surface area contributed by atoms with Crippen LogP contribution in [-0.4, -0.2) is 36.1 Å². The molecule has 0 radical (unpaired) electrons. The average Bonchev–Trinajstić information content (AvgIpc) is 2.72. The van der Waals surface area contributed by atoms with Crippen LogP contribution < -0.4 is 15.0 Å². The van der Waals surface area contributed by atoms with Crippen molar-refractivity contribution >= 4 is 11.9 Å². The van der Waals surface area contributed by atoms with Crippen LogP contribution in [0.2, 0.25) is 0 Å². The van der Waals surface area contributed by atoms with Crippen molar-refractivity contribution in [2.45, 2.75) is 32.2 Å². The predicted octanol–water partition coefficient (Wildman–Crippen LogP) is 2.80. The first-order chi connectivity index (χ1) is 12.7. The standard InChI is InChI=1S/C20H26N4O2/c1-26-18-7-2-5-17(13-18)14-23-19(25)9-8-16-6-3-12-24(15-16)20-21-10-4-11-22-20/h2,4-5,7,10-11,13,16H,3,6,8-9,12,14-15H2,1H3,(H,23,25)/t16-/m1/s1. The van der Waals surface area contributed by atoms with Gasteiger partial charge >= 0.3 is 0 Å². The van der Waals surface area contributed by atoms with Gasteiger partial charge in [-0.25, -0.2) is 9.97 Å². The molecule has 0 saturated carbocycles. The highest BCUT2D eigenvalue weighted by Crippen LogP contribution is 2.23. The molecule has 1 aromatic heterocycles. The van der Waals surface area contributed by atoms with Crippen LogP contribution in [0.1, 0.15) is 31.2 Å². The van der Waals surface area contributed by atoms with E-state index in [1.807, 2.05) is 30.3 Å². The monoisotopic (exact) mass is 354 g/mol. The molecule has 2 aromatic rings. The van der Waals surface area contributed by atoms with Gasteiger partial charge in [-0.3, -0.25) is 4.79 Å². The zero-order valence-corrected chi connectivity index (χ0v) is 15.2. The lowest BCUT2D eigenvalue weighted by Crippen LogP contribution is -2.37. The van der Waals surface area contributed by atoms with Crippen LogP contribution in [0.3, 0.4) is 0 Å². The first-order valence-electron chi connectivity index (χ1n) is 9.16. The van der Waals surface area contributed by atoms with E-state index in [-0.39, 0.29) is 5.91 Å². The van der Waals surface area contributed by atoms with E-state index in [1.54, 1.807) is 19.5 Å². The lowest BCUT2D eigenvalue weighted by molar-refractivity contribution is -0.121. The lowest BCUT2D eigenvalue weighted by atomic mass is 9.93. The minimum atomic E-state index is 0.0981. The first-order valence-corrected chi connectivity index (χ1v) is 9.16. The Morgan fingerprint density at radius 3 is 2.96 bits per heavy atom. The Balaban J connectivity index is 1.42. The number of hydrogen-bond acceptors (Lipinski definition) is 5. The van der Waals surface area contributed by atoms with E-state index in [2.05, 4.69) is 20.2 Å². The minimum Gasteiger partial charge on any atom is -0.497 e. The summed E-state index contributed by atoms with van der Waals surface area (Å²) in [5, 5.41) is 3.00. The van der Waals surface area contributed by atoms with Crippen molar-refractivity contribution in [3.63, 3.8) is 0 Å². The van der Waals surface area contributed by atoms with E-state index in [4.69, 9.17) is 4.74 Å². The quantitative estimate of drug-likeness (QED) is 0.828. The minimum absolute atomic E-state index is 0.0981. The van der Waals surface area contributed by atoms with Crippen molar-refractivity contribution in [2.75, 3.05) is 25.1 Å². The predicted molar refractivity (Wildman–Crippen MR) is 101 cm³/mol. The van der Waals surface area contributed by atoms with Crippen molar-refractivity contribution < 1.29 is 9.53 Å². The summed E-state index contributed by atoms with van der Waals surface area (Å²) >= 11 is 0. The summed E-state index contributed by atoms with van der Waals surface area (Å²) in [6.07, 6.45) is 7.28. The van der Waals surface area contributed by atoms with Gasteiger partial charge in [-0.05, 0) is 48.9 Å². The Hall–Kier alpha value is -2.63. The van der Waals surface area contributed by atoms with Gasteiger partial charge in [-0.2, -0.15) is 0 Å². The number of carbonyl (C=O) groups excluding carboxylic acids is 1. The van der Waals surface area contributed by atoms with Crippen LogP contribution in [0, 0.1) is 5.92 Å². The third kappa shape index (κ3) is 5.18. The van der Waals surface area contributed by atoms with E-state index in [9.17, 15) is 4.79 Å². The summed E-state index contributed by atoms with van der Waals surface area (Å²) < 4.78 is 5.21. The summed E-state index contributed by atoms with van der Waals surface area (Å²) in [5.41, 5.74) is 1.04. The number of rotatable bonds is 7. The molecule has 1 fully saturated rings. The van der Waals surface area contributed by atoms with E-state index < -0.39 is 0 Å². The van der Waals surface area contributed by atoms with E-state index in [0.29, 0.717) is 18.9 Å². The van der Waals surface area contributed by atoms with Crippen molar-refractivity contribution in [2.24, 2.45) is 5.92 Å². The number of piperidine rings is 1. The number of carbonyl (C=O) groups is 1. The van der Waals surface area contributed by atoms with Crippen molar-refractivity contribution in [1.82, 2.24) is 15.3 Å². The second-order valence-corrected chi connectivity index (χ2v) is 6.67. The average molecular weight is 354 g/mol. The molecule has 1 N–H and O–H groups in total. The third-order valence-corrected chi connectivity index (χ3v) is 4.76. The summed E-state index contributed by atoms with van der Waals surface area (Å²) in [5.74, 6) is 2.21. The van der Waals surface area contributed by atoms with E-state index >= 15 is 0 Å². The highest BCUT2D eigenvalue weighted by molar-refractivity contribution is 5.75. The van der Waals surface area contributed by atoms with Crippen LogP contribution in [0.5, 0.6) is 5.75 Å². The molecule has 26 heavy (non-hydrogen) atoms. The summed E-state index contributed by atoms with van der Waals surface area (Å²) in [4.78, 5) is 23.1. The van der Waals surface area contributed by atoms with Crippen LogP contribution in [-0.2, 0) is 11.3 Å². The number of nitrogens with zero attached hydrogens (tertiary/aromatic N) is 3. The maximum absolute atomic E-state index is 12.2. The molecule has 1 saturated heterocycles. The normalized spacial score (nSPS) is 17.0. The molecule has 138 valence electrons. The molecule has 0 aliphatic carbocycles. The molecule has 3 rings (SSSR count). The molecule has 1 atom stereocenters. The van der Waals surface area contributed by atoms with Gasteiger partial charge in [0.15, 0.2) is 0 Å². The number of amides is 1. The Bertz CT molecular complexity index is 708. The van der Waals surface area contributed by atoms with Crippen molar-refractivity contribution in [3.8, 4) is 5.75 Å². The van der Waals surface area contributed by atoms with Gasteiger partial charge in [0.05, 0.1) is 7.11 Å². The number of anilines is 1. The first kappa shape index (κ1) is 18.2. The molecule has 1 aliphatic rings. The smallest absolute Gasteiger partial charge is 0.225 e. The highest BCUT2D eigenvalue weighted by Gasteiger charge is 2.22. The maximum Gasteiger partial charge on any atom is 0.225 e. The molecule has 6 nitrogen and oxygen atoms in total. The molecule has 1 amide bonds. The van der Waals surface area contributed by atoms with Gasteiger partial charge in [0.1, 0.15) is 5.75 Å². The lowest BCUT2D eigenvalue weighted by Gasteiger charge is -2.32. The van der Waals surface area contributed by atoms with Crippen molar-refractivity contribution in [1.29, 1.82) is 0 Å². The molecule has 1 aliphatic heterocycles. The molecular formula is C20H26N4O2. The zero-order valence-electron chi connectivity index (χ0n) is 15.2. The van der Waals surface area contributed by atoms with E-state index in [1.165, 1.54) is 0 Å². The molecule has 2 heterocycles. The van der Waals surface area contributed by atoms with Gasteiger partial charge < -0.3 is 15.0 Å². The second-order valence-electron chi connectivity index (χ2n) is 6.67. The van der Waals surface area contributed by atoms with Gasteiger partial charge in [-0.15, -0.1) is 0 Å². The molecule has 1 aromatic carbocycles. The fourth-order valence-electron chi connectivity index (χ4n) is 3.34. The highest BCUT2D eigenvalue weighted by atomic mass is 16.5. The Kier molecular flexibility index (Phi) is 6.41. The number of nitrogens with one attached hydrogen (secondary N) is 1. The molecule has 0 bridgehead atoms. The number of aromatic nitrogens is 2. The van der Waals surface area contributed by atoms with Crippen LogP contribution in [0.25, 0.3) is 0 Å². The number of methoxy groups -OCH3 is 1. The van der Waals surface area contributed by atoms with Crippen LogP contribution in [0.15, 0.2) is 42.7 Å². The maximum atomic E-state index is 12.2. The fourth-order valence-corrected chi connectivity index (χ4v) is 3.34. The summed E-state index contributed by atoms with van der Waals surface area (Å²) in [6, 6.07) is 9.59. The molecular weight excluding hydrogens is 328 g/mol. The summed E-state index contributed by atoms with van der Waals surface area (Å²) in [6.45, 7) is 2.44. The third-order valence-electron chi connectivity index (χ3n) is 4.76. The Morgan fingerprint density at radius 2 is 2.15 bits per heavy atom. The molecule has 6 heteroatoms. The fraction of sp³-hybridized carbons (Fsp3) is 0.450. The number of benzene rings is 1. The van der Waals surface area contributed by atoms with Crippen LogP contribution >= 0.6 is 0 Å². The molecule has 0 spiro atoms. The van der Waals surface area contributed by atoms with E-state index in [0.717, 1.165) is 49.6 Å². The Labute approximate surface area is 154 Å². The van der Waals surface area contributed by atoms with Gasteiger partial charge in [-0.1, -0.05) is 12.1 Å². The van der Waals surface area contributed by atoms with Crippen molar-refractivity contribution in [3.05, 3.63) is 48.3 Å².